The minimum Gasteiger partial charge on any atom is -0.362 e. The maximum absolute atomic E-state index is 12.8. The summed E-state index contributed by atoms with van der Waals surface area (Å²) < 4.78 is 0. The average molecular weight is 470 g/mol. The summed E-state index contributed by atoms with van der Waals surface area (Å²) in [6.07, 6.45) is 5.67. The lowest BCUT2D eigenvalue weighted by Gasteiger charge is -2.30. The van der Waals surface area contributed by atoms with Crippen LogP contribution in [-0.4, -0.2) is 48.3 Å². The van der Waals surface area contributed by atoms with Gasteiger partial charge in [0.15, 0.2) is 0 Å². The summed E-state index contributed by atoms with van der Waals surface area (Å²) in [5.74, 6) is 1.46. The van der Waals surface area contributed by atoms with Gasteiger partial charge < -0.3 is 15.5 Å². The highest BCUT2D eigenvalue weighted by Crippen LogP contribution is 2.27. The second-order valence-electron chi connectivity index (χ2n) is 8.29. The van der Waals surface area contributed by atoms with Gasteiger partial charge >= 0.3 is 0 Å². The molecule has 6 nitrogen and oxygen atoms in total. The topological polar surface area (TPSA) is 70.2 Å². The number of hydrogen-bond donors (Lipinski definition) is 2. The monoisotopic (exact) mass is 469 g/mol. The van der Waals surface area contributed by atoms with E-state index in [1.165, 1.54) is 0 Å². The van der Waals surface area contributed by atoms with Crippen molar-refractivity contribution in [2.45, 2.75) is 42.7 Å². The Kier molecular flexibility index (Phi) is 7.06. The first-order valence-electron chi connectivity index (χ1n) is 10.8. The van der Waals surface area contributed by atoms with Crippen LogP contribution in [0.2, 0.25) is 5.02 Å². The molecule has 1 aromatic heterocycles. The van der Waals surface area contributed by atoms with Crippen molar-refractivity contribution in [1.29, 1.82) is 0 Å². The number of rotatable bonds is 6. The number of thioether (sulfide) groups is 1. The Hall–Kier alpha value is -2.51. The lowest BCUT2D eigenvalue weighted by atomic mass is 9.91. The summed E-state index contributed by atoms with van der Waals surface area (Å²) >= 11 is 7.86. The van der Waals surface area contributed by atoms with Crippen LogP contribution in [0.3, 0.4) is 0 Å². The molecule has 2 aromatic carbocycles. The highest BCUT2D eigenvalue weighted by Gasteiger charge is 2.24. The van der Waals surface area contributed by atoms with Crippen molar-refractivity contribution >= 4 is 51.9 Å². The minimum absolute atomic E-state index is 0.101. The quantitative estimate of drug-likeness (QED) is 0.482. The van der Waals surface area contributed by atoms with Crippen molar-refractivity contribution in [3.8, 4) is 0 Å². The number of halogens is 1. The smallest absolute Gasteiger partial charge is 0.253 e. The number of benzene rings is 2. The van der Waals surface area contributed by atoms with Crippen LogP contribution in [-0.2, 0) is 0 Å². The molecular formula is C24H28ClN5OS. The number of aromatic nitrogens is 2. The molecular weight excluding hydrogens is 442 g/mol. The van der Waals surface area contributed by atoms with Crippen molar-refractivity contribution in [3.63, 3.8) is 0 Å². The van der Waals surface area contributed by atoms with E-state index in [0.29, 0.717) is 16.5 Å². The molecule has 0 aliphatic heterocycles. The van der Waals surface area contributed by atoms with Crippen LogP contribution in [0.4, 0.5) is 11.8 Å². The molecule has 1 aliphatic carbocycles. The third kappa shape index (κ3) is 5.10. The Bertz CT molecular complexity index is 1110. The van der Waals surface area contributed by atoms with E-state index >= 15 is 0 Å². The molecule has 1 heterocycles. The van der Waals surface area contributed by atoms with Gasteiger partial charge in [0.25, 0.3) is 5.91 Å². The minimum atomic E-state index is -0.101. The maximum Gasteiger partial charge on any atom is 0.253 e. The molecule has 4 rings (SSSR count). The van der Waals surface area contributed by atoms with Crippen LogP contribution >= 0.6 is 23.4 Å². The molecule has 0 bridgehead atoms. The van der Waals surface area contributed by atoms with E-state index in [9.17, 15) is 4.79 Å². The zero-order valence-electron chi connectivity index (χ0n) is 18.6. The summed E-state index contributed by atoms with van der Waals surface area (Å²) in [6.45, 7) is 0. The summed E-state index contributed by atoms with van der Waals surface area (Å²) in [5, 5.41) is 8.20. The van der Waals surface area contributed by atoms with Crippen molar-refractivity contribution in [2.24, 2.45) is 0 Å². The maximum atomic E-state index is 12.8. The molecule has 1 fully saturated rings. The van der Waals surface area contributed by atoms with Crippen molar-refractivity contribution in [3.05, 3.63) is 53.1 Å². The van der Waals surface area contributed by atoms with Crippen molar-refractivity contribution in [2.75, 3.05) is 30.6 Å². The predicted octanol–water partition coefficient (Wildman–Crippen LogP) is 5.22. The van der Waals surface area contributed by atoms with Crippen LogP contribution < -0.4 is 15.5 Å². The number of para-hydroxylation sites is 1. The number of nitrogens with one attached hydrogen (secondary N) is 2. The van der Waals surface area contributed by atoms with Crippen LogP contribution in [0, 0.1) is 0 Å². The fourth-order valence-electron chi connectivity index (χ4n) is 4.10. The van der Waals surface area contributed by atoms with E-state index in [2.05, 4.69) is 10.6 Å². The fourth-order valence-corrected chi connectivity index (χ4v) is 4.74. The Morgan fingerprint density at radius 3 is 2.50 bits per heavy atom. The lowest BCUT2D eigenvalue weighted by Crippen LogP contribution is -2.40. The molecule has 0 atom stereocenters. The molecule has 168 valence electrons. The first kappa shape index (κ1) is 22.7. The van der Waals surface area contributed by atoms with Crippen LogP contribution in [0.5, 0.6) is 0 Å². The molecule has 1 saturated carbocycles. The molecule has 2 N–H and O–H groups in total. The van der Waals surface area contributed by atoms with Gasteiger partial charge in [0.05, 0.1) is 16.1 Å². The number of hydrogen-bond acceptors (Lipinski definition) is 6. The van der Waals surface area contributed by atoms with Crippen molar-refractivity contribution < 1.29 is 4.79 Å². The molecule has 0 saturated heterocycles. The zero-order chi connectivity index (χ0) is 22.7. The first-order chi connectivity index (χ1) is 15.4. The summed E-state index contributed by atoms with van der Waals surface area (Å²) in [6, 6.07) is 14.1. The molecule has 0 spiro atoms. The van der Waals surface area contributed by atoms with Gasteiger partial charge in [-0.15, -0.1) is 11.8 Å². The lowest BCUT2D eigenvalue weighted by molar-refractivity contribution is 0.0926. The third-order valence-corrected chi connectivity index (χ3v) is 6.88. The molecule has 0 radical (unpaired) electrons. The van der Waals surface area contributed by atoms with Crippen LogP contribution in [0.1, 0.15) is 36.0 Å². The number of nitrogens with zero attached hydrogens (tertiary/aromatic N) is 3. The van der Waals surface area contributed by atoms with E-state index in [-0.39, 0.29) is 18.0 Å². The van der Waals surface area contributed by atoms with Gasteiger partial charge in [-0.3, -0.25) is 4.79 Å². The van der Waals surface area contributed by atoms with E-state index in [4.69, 9.17) is 21.6 Å². The van der Waals surface area contributed by atoms with Gasteiger partial charge in [-0.25, -0.2) is 4.98 Å². The molecule has 0 unspecified atom stereocenters. The van der Waals surface area contributed by atoms with Gasteiger partial charge in [-0.1, -0.05) is 23.7 Å². The summed E-state index contributed by atoms with van der Waals surface area (Å²) in [5.41, 5.74) is 1.47. The molecule has 3 aromatic rings. The van der Waals surface area contributed by atoms with Crippen LogP contribution in [0.15, 0.2) is 47.4 Å². The molecule has 8 heteroatoms. The summed E-state index contributed by atoms with van der Waals surface area (Å²) in [7, 11) is 3.99. The molecule has 32 heavy (non-hydrogen) atoms. The van der Waals surface area contributed by atoms with Gasteiger partial charge in [0.2, 0.25) is 5.95 Å². The normalized spacial score (nSPS) is 18.4. The van der Waals surface area contributed by atoms with E-state index in [1.807, 2.05) is 61.6 Å². The first-order valence-corrected chi connectivity index (χ1v) is 12.4. The number of fused-ring (bicyclic) bond motifs is 1. The molecule has 1 amide bonds. The number of carbonyl (C=O) groups excluding carboxylic acids is 1. The zero-order valence-corrected chi connectivity index (χ0v) is 20.1. The average Bonchev–Trinajstić information content (AvgIpc) is 2.80. The molecule has 1 aliphatic rings. The Labute approximate surface area is 198 Å². The van der Waals surface area contributed by atoms with E-state index < -0.39 is 0 Å². The Balaban J connectivity index is 1.38. The highest BCUT2D eigenvalue weighted by molar-refractivity contribution is 7.98. The highest BCUT2D eigenvalue weighted by atomic mass is 35.5. The van der Waals surface area contributed by atoms with Gasteiger partial charge in [0.1, 0.15) is 5.82 Å². The number of amides is 1. The van der Waals surface area contributed by atoms with Crippen LogP contribution in [0.25, 0.3) is 10.9 Å². The third-order valence-electron chi connectivity index (χ3n) is 5.82. The largest absolute Gasteiger partial charge is 0.362 e. The van der Waals surface area contributed by atoms with Crippen molar-refractivity contribution in [1.82, 2.24) is 15.3 Å². The van der Waals surface area contributed by atoms with E-state index in [0.717, 1.165) is 47.3 Å². The van der Waals surface area contributed by atoms with Gasteiger partial charge in [0, 0.05) is 36.5 Å². The second kappa shape index (κ2) is 9.96. The fraction of sp³-hybridized carbons (Fsp3) is 0.375. The number of carbonyl (C=O) groups is 1. The SMILES string of the molecule is CSc1ccc(Cl)c(C(=O)N[C@H]2CC[C@@H](Nc3nc(N(C)C)c4ccccc4n3)CC2)c1. The number of anilines is 2. The summed E-state index contributed by atoms with van der Waals surface area (Å²) in [4.78, 5) is 25.3. The Morgan fingerprint density at radius 1 is 1.06 bits per heavy atom. The van der Waals surface area contributed by atoms with E-state index in [1.54, 1.807) is 17.8 Å². The Morgan fingerprint density at radius 2 is 1.78 bits per heavy atom. The standard InChI is InChI=1S/C24H28ClN5OS/c1-30(2)22-18-6-4-5-7-21(18)28-24(29-22)27-16-10-8-15(9-11-16)26-23(31)19-14-17(32-3)12-13-20(19)25/h4-7,12-16H,8-11H2,1-3H3,(H,26,31)(H,27,28,29)/t15-,16+. The second-order valence-corrected chi connectivity index (χ2v) is 9.58. The predicted molar refractivity (Wildman–Crippen MR) is 134 cm³/mol. The van der Waals surface area contributed by atoms with Gasteiger partial charge in [-0.05, 0) is 62.3 Å². The van der Waals surface area contributed by atoms with Gasteiger partial charge in [-0.2, -0.15) is 4.98 Å².